The van der Waals surface area contributed by atoms with Gasteiger partial charge in [0.1, 0.15) is 5.75 Å². The number of rotatable bonds is 7. The van der Waals surface area contributed by atoms with E-state index in [0.717, 1.165) is 35.3 Å². The minimum Gasteiger partial charge on any atom is -0.496 e. The highest BCUT2D eigenvalue weighted by Crippen LogP contribution is 2.32. The number of sulfonamides is 1. The fourth-order valence-electron chi connectivity index (χ4n) is 4.08. The summed E-state index contributed by atoms with van der Waals surface area (Å²) in [5.74, 6) is 0.666. The summed E-state index contributed by atoms with van der Waals surface area (Å²) >= 11 is 6.28. The van der Waals surface area contributed by atoms with Crippen LogP contribution in [-0.4, -0.2) is 38.8 Å². The standard InChI is InChI=1S/C24H31ClN2O4S/c1-15(2)19-14-20(16(3)12-23(19)31-5)17(4)26-24(28)21-13-18(8-9-22(21)25)32(29,30)27-10-6-7-11-27/h8-9,12-15,17H,6-7,10-11H2,1-5H3,(H,26,28)/t17-/m0/s1. The van der Waals surface area contributed by atoms with Crippen LogP contribution >= 0.6 is 11.6 Å². The number of benzene rings is 2. The van der Waals surface area contributed by atoms with Gasteiger partial charge in [0.25, 0.3) is 5.91 Å². The molecule has 0 spiro atoms. The molecule has 0 saturated carbocycles. The molecule has 1 fully saturated rings. The average molecular weight is 479 g/mol. The number of nitrogens with one attached hydrogen (secondary N) is 1. The van der Waals surface area contributed by atoms with Gasteiger partial charge in [-0.1, -0.05) is 25.4 Å². The van der Waals surface area contributed by atoms with Gasteiger partial charge in [0.05, 0.1) is 28.6 Å². The lowest BCUT2D eigenvalue weighted by atomic mass is 9.93. The number of halogens is 1. The third-order valence-corrected chi connectivity index (χ3v) is 8.16. The third-order valence-electron chi connectivity index (χ3n) is 5.94. The molecule has 8 heteroatoms. The summed E-state index contributed by atoms with van der Waals surface area (Å²) in [5.41, 5.74) is 3.18. The van der Waals surface area contributed by atoms with Gasteiger partial charge in [-0.05, 0) is 79.6 Å². The molecule has 0 radical (unpaired) electrons. The first-order valence-electron chi connectivity index (χ1n) is 10.8. The molecular weight excluding hydrogens is 448 g/mol. The Morgan fingerprint density at radius 1 is 1.09 bits per heavy atom. The molecule has 0 bridgehead atoms. The van der Waals surface area contributed by atoms with Crippen LogP contribution < -0.4 is 10.1 Å². The molecule has 2 aromatic rings. The minimum absolute atomic E-state index is 0.0873. The molecule has 1 heterocycles. The van der Waals surface area contributed by atoms with Crippen LogP contribution in [0.1, 0.15) is 72.6 Å². The maximum Gasteiger partial charge on any atom is 0.253 e. The Kier molecular flexibility index (Phi) is 7.53. The highest BCUT2D eigenvalue weighted by molar-refractivity contribution is 7.89. The molecule has 1 aliphatic heterocycles. The van der Waals surface area contributed by atoms with Crippen LogP contribution in [0.5, 0.6) is 5.75 Å². The largest absolute Gasteiger partial charge is 0.496 e. The van der Waals surface area contributed by atoms with E-state index >= 15 is 0 Å². The van der Waals surface area contributed by atoms with E-state index in [2.05, 4.69) is 25.2 Å². The zero-order valence-electron chi connectivity index (χ0n) is 19.2. The molecule has 0 aliphatic carbocycles. The summed E-state index contributed by atoms with van der Waals surface area (Å²) in [4.78, 5) is 13.2. The Bertz CT molecular complexity index is 1110. The topological polar surface area (TPSA) is 75.7 Å². The number of amides is 1. The molecule has 1 amide bonds. The predicted octanol–water partition coefficient (Wildman–Crippen LogP) is 5.06. The first kappa shape index (κ1) is 24.6. The first-order valence-corrected chi connectivity index (χ1v) is 12.7. The first-order chi connectivity index (χ1) is 15.1. The second kappa shape index (κ2) is 9.81. The van der Waals surface area contributed by atoms with E-state index in [4.69, 9.17) is 16.3 Å². The van der Waals surface area contributed by atoms with Gasteiger partial charge < -0.3 is 10.1 Å². The van der Waals surface area contributed by atoms with Crippen molar-refractivity contribution in [3.05, 3.63) is 57.6 Å². The summed E-state index contributed by atoms with van der Waals surface area (Å²) in [7, 11) is -1.99. The Hall–Kier alpha value is -2.09. The Labute approximate surface area is 196 Å². The van der Waals surface area contributed by atoms with Gasteiger partial charge >= 0.3 is 0 Å². The van der Waals surface area contributed by atoms with Crippen molar-refractivity contribution in [2.45, 2.75) is 57.4 Å². The monoisotopic (exact) mass is 478 g/mol. The van der Waals surface area contributed by atoms with Crippen molar-refractivity contribution in [1.82, 2.24) is 9.62 Å². The van der Waals surface area contributed by atoms with Crippen LogP contribution in [0.4, 0.5) is 0 Å². The molecular formula is C24H31ClN2O4S. The molecule has 1 N–H and O–H groups in total. The number of hydrogen-bond donors (Lipinski definition) is 1. The van der Waals surface area contributed by atoms with Crippen molar-refractivity contribution >= 4 is 27.5 Å². The van der Waals surface area contributed by atoms with Gasteiger partial charge in [-0.15, -0.1) is 0 Å². The van der Waals surface area contributed by atoms with Gasteiger partial charge in [0.15, 0.2) is 0 Å². The molecule has 174 valence electrons. The molecule has 1 saturated heterocycles. The van der Waals surface area contributed by atoms with Gasteiger partial charge in [0.2, 0.25) is 10.0 Å². The fourth-order valence-corrected chi connectivity index (χ4v) is 5.83. The summed E-state index contributed by atoms with van der Waals surface area (Å²) in [6.45, 7) is 9.05. The lowest BCUT2D eigenvalue weighted by Gasteiger charge is -2.21. The second-order valence-electron chi connectivity index (χ2n) is 8.55. The Balaban J connectivity index is 1.88. The zero-order chi connectivity index (χ0) is 23.6. The summed E-state index contributed by atoms with van der Waals surface area (Å²) < 4.78 is 32.8. The zero-order valence-corrected chi connectivity index (χ0v) is 20.8. The summed E-state index contributed by atoms with van der Waals surface area (Å²) in [6, 6.07) is 8.03. The number of carbonyl (C=O) groups excluding carboxylic acids is 1. The van der Waals surface area contributed by atoms with E-state index in [9.17, 15) is 13.2 Å². The number of methoxy groups -OCH3 is 1. The lowest BCUT2D eigenvalue weighted by Crippen LogP contribution is -2.29. The maximum absolute atomic E-state index is 13.1. The van der Waals surface area contributed by atoms with Gasteiger partial charge in [-0.2, -0.15) is 4.31 Å². The normalized spacial score (nSPS) is 15.7. The van der Waals surface area contributed by atoms with Gasteiger partial charge in [-0.25, -0.2) is 8.42 Å². The molecule has 32 heavy (non-hydrogen) atoms. The second-order valence-corrected chi connectivity index (χ2v) is 10.9. The molecule has 2 aromatic carbocycles. The van der Waals surface area contributed by atoms with Crippen LogP contribution in [0.25, 0.3) is 0 Å². The number of ether oxygens (including phenoxy) is 1. The van der Waals surface area contributed by atoms with E-state index in [0.29, 0.717) is 13.1 Å². The van der Waals surface area contributed by atoms with Crippen LogP contribution in [-0.2, 0) is 10.0 Å². The van der Waals surface area contributed by atoms with Crippen LogP contribution in [0.15, 0.2) is 35.2 Å². The number of hydrogen-bond acceptors (Lipinski definition) is 4. The van der Waals surface area contributed by atoms with E-state index in [-0.39, 0.29) is 27.4 Å². The smallest absolute Gasteiger partial charge is 0.253 e. The molecule has 0 unspecified atom stereocenters. The van der Waals surface area contributed by atoms with Gasteiger partial charge in [-0.3, -0.25) is 4.79 Å². The molecule has 1 aliphatic rings. The van der Waals surface area contributed by atoms with Crippen LogP contribution in [0.2, 0.25) is 5.02 Å². The van der Waals surface area contributed by atoms with Crippen molar-refractivity contribution in [3.63, 3.8) is 0 Å². The van der Waals surface area contributed by atoms with Crippen molar-refractivity contribution in [2.75, 3.05) is 20.2 Å². The number of carbonyl (C=O) groups is 1. The minimum atomic E-state index is -3.64. The van der Waals surface area contributed by atoms with Gasteiger partial charge in [0, 0.05) is 13.1 Å². The fraction of sp³-hybridized carbons (Fsp3) is 0.458. The van der Waals surface area contributed by atoms with E-state index < -0.39 is 15.9 Å². The Morgan fingerprint density at radius 3 is 2.34 bits per heavy atom. The molecule has 3 rings (SSSR count). The average Bonchev–Trinajstić information content (AvgIpc) is 3.29. The van der Waals surface area contributed by atoms with Crippen LogP contribution in [0.3, 0.4) is 0 Å². The highest BCUT2D eigenvalue weighted by Gasteiger charge is 2.28. The molecule has 1 atom stereocenters. The van der Waals surface area contributed by atoms with Crippen molar-refractivity contribution in [1.29, 1.82) is 0 Å². The van der Waals surface area contributed by atoms with Crippen molar-refractivity contribution in [3.8, 4) is 5.75 Å². The van der Waals surface area contributed by atoms with E-state index in [1.54, 1.807) is 7.11 Å². The summed E-state index contributed by atoms with van der Waals surface area (Å²) in [6.07, 6.45) is 1.69. The quantitative estimate of drug-likeness (QED) is 0.603. The molecule has 6 nitrogen and oxygen atoms in total. The van der Waals surface area contributed by atoms with Crippen LogP contribution in [0, 0.1) is 6.92 Å². The summed E-state index contributed by atoms with van der Waals surface area (Å²) in [5, 5.41) is 3.19. The van der Waals surface area contributed by atoms with Crippen molar-refractivity contribution < 1.29 is 17.9 Å². The highest BCUT2D eigenvalue weighted by atomic mass is 35.5. The number of aryl methyl sites for hydroxylation is 1. The van der Waals surface area contributed by atoms with E-state index in [1.807, 2.05) is 19.9 Å². The predicted molar refractivity (Wildman–Crippen MR) is 127 cm³/mol. The lowest BCUT2D eigenvalue weighted by molar-refractivity contribution is 0.0939. The van der Waals surface area contributed by atoms with E-state index in [1.165, 1.54) is 22.5 Å². The Morgan fingerprint density at radius 2 is 1.75 bits per heavy atom. The van der Waals surface area contributed by atoms with Crippen molar-refractivity contribution in [2.24, 2.45) is 0 Å². The third kappa shape index (κ3) is 4.95. The molecule has 0 aromatic heterocycles. The number of nitrogens with zero attached hydrogens (tertiary/aromatic N) is 1. The SMILES string of the molecule is COc1cc(C)c([C@H](C)NC(=O)c2cc(S(=O)(=O)N3CCCC3)ccc2Cl)cc1C(C)C. The maximum atomic E-state index is 13.1.